The largest absolute Gasteiger partial charge is 2.00 e. The van der Waals surface area contributed by atoms with Gasteiger partial charge in [0.05, 0.1) is 39.6 Å². The summed E-state index contributed by atoms with van der Waals surface area (Å²) in [5, 5.41) is 3.17. The molecule has 388 valence electrons. The Hall–Kier alpha value is -0.0777. The zero-order chi connectivity index (χ0) is 47.3. The normalized spacial score (nSPS) is 16.8. The average molecular weight is 1240 g/mol. The fourth-order valence-corrected chi connectivity index (χ4v) is 18.8. The van der Waals surface area contributed by atoms with Crippen molar-refractivity contribution < 1.29 is 64.2 Å². The van der Waals surface area contributed by atoms with Gasteiger partial charge in [-0.05, 0) is 120 Å². The van der Waals surface area contributed by atoms with E-state index in [2.05, 4.69) is 72.8 Å². The van der Waals surface area contributed by atoms with Crippen LogP contribution in [0.3, 0.4) is 0 Å². The first-order chi connectivity index (χ1) is 32.1. The molecule has 4 aliphatic carbocycles. The number of alkyl halides is 6. The molecule has 4 fully saturated rings. The Morgan fingerprint density at radius 1 is 0.362 bits per heavy atom. The molecule has 0 saturated heterocycles. The van der Waals surface area contributed by atoms with Crippen molar-refractivity contribution in [2.75, 3.05) is 28.4 Å². The van der Waals surface area contributed by atoms with E-state index in [0.29, 0.717) is 0 Å². The number of hydrogen-bond acceptors (Lipinski definition) is 4. The molecular formula is C54H72Cl8O4P2Pd. The Bertz CT molecular complexity index is 1770. The summed E-state index contributed by atoms with van der Waals surface area (Å²) in [5.41, 5.74) is 8.45. The first kappa shape index (κ1) is 65.0. The van der Waals surface area contributed by atoms with E-state index in [1.165, 1.54) is 140 Å². The van der Waals surface area contributed by atoms with Crippen LogP contribution in [0, 0.1) is 0 Å². The molecule has 0 amide bonds. The molecule has 0 bridgehead atoms. The minimum atomic E-state index is -0.750. The second-order valence-corrected chi connectivity index (χ2v) is 27.1. The Balaban J connectivity index is 0.000000395. The third kappa shape index (κ3) is 19.9. The van der Waals surface area contributed by atoms with E-state index in [9.17, 15) is 0 Å². The smallest absolute Gasteiger partial charge is 1.00 e. The maximum atomic E-state index is 5.80. The van der Waals surface area contributed by atoms with Crippen molar-refractivity contribution in [3.63, 3.8) is 0 Å². The zero-order valence-corrected chi connectivity index (χ0v) is 49.9. The summed E-state index contributed by atoms with van der Waals surface area (Å²) in [5.74, 6) is 3.66. The average Bonchev–Trinajstić information content (AvgIpc) is 3.35. The molecule has 0 radical (unpaired) electrons. The van der Waals surface area contributed by atoms with Crippen molar-refractivity contribution in [2.24, 2.45) is 0 Å². The van der Waals surface area contributed by atoms with Crippen LogP contribution in [-0.2, 0) is 20.4 Å². The van der Waals surface area contributed by atoms with E-state index in [1.807, 2.05) is 12.1 Å². The van der Waals surface area contributed by atoms with Crippen molar-refractivity contribution in [3.05, 3.63) is 84.9 Å². The number of benzene rings is 4. The Morgan fingerprint density at radius 3 is 0.797 bits per heavy atom. The zero-order valence-electron chi connectivity index (χ0n) is 40.6. The van der Waals surface area contributed by atoms with Gasteiger partial charge in [-0.3, -0.25) is 0 Å². The van der Waals surface area contributed by atoms with Gasteiger partial charge in [-0.1, -0.05) is 223 Å². The minimum absolute atomic E-state index is 0. The molecule has 0 heterocycles. The second-order valence-electron chi connectivity index (χ2n) is 17.6. The van der Waals surface area contributed by atoms with Crippen LogP contribution in [0.15, 0.2) is 84.9 Å². The van der Waals surface area contributed by atoms with Crippen LogP contribution in [0.4, 0.5) is 0 Å². The fraction of sp³-hybridized carbons (Fsp3) is 0.556. The minimum Gasteiger partial charge on any atom is -1.00 e. The van der Waals surface area contributed by atoms with Crippen LogP contribution >= 0.6 is 85.4 Å². The van der Waals surface area contributed by atoms with Gasteiger partial charge in [-0.15, -0.1) is 0 Å². The van der Waals surface area contributed by atoms with Gasteiger partial charge in [-0.2, -0.15) is 0 Å². The number of methoxy groups -OCH3 is 4. The number of rotatable bonds is 12. The van der Waals surface area contributed by atoms with Gasteiger partial charge < -0.3 is 43.8 Å². The van der Waals surface area contributed by atoms with Crippen LogP contribution in [0.5, 0.6) is 23.0 Å². The molecular weight excluding hydrogens is 1160 g/mol. The van der Waals surface area contributed by atoms with E-state index >= 15 is 0 Å². The molecule has 15 heteroatoms. The van der Waals surface area contributed by atoms with Gasteiger partial charge in [0, 0.05) is 0 Å². The van der Waals surface area contributed by atoms with Crippen LogP contribution in [0.25, 0.3) is 22.3 Å². The van der Waals surface area contributed by atoms with Crippen LogP contribution < -0.4 is 54.4 Å². The molecule has 4 aromatic rings. The Morgan fingerprint density at radius 2 is 0.580 bits per heavy atom. The number of halogens is 8. The van der Waals surface area contributed by atoms with Crippen molar-refractivity contribution in [1.29, 1.82) is 0 Å². The summed E-state index contributed by atoms with van der Waals surface area (Å²) in [4.78, 5) is 0. The molecule has 4 saturated carbocycles. The van der Waals surface area contributed by atoms with Crippen LogP contribution in [-0.4, -0.2) is 59.7 Å². The summed E-state index contributed by atoms with van der Waals surface area (Å²) in [6.45, 7) is 0. The van der Waals surface area contributed by atoms with Crippen molar-refractivity contribution in [3.8, 4) is 45.3 Å². The van der Waals surface area contributed by atoms with E-state index in [-0.39, 0.29) is 61.1 Å². The monoisotopic (exact) mass is 1230 g/mol. The van der Waals surface area contributed by atoms with E-state index < -0.39 is 8.59 Å². The SMILES string of the molecule is COc1cccc(OC)c1-c1ccccc1P(C1CCCCC1)C1CCCCC1.COc1cccc(OC)c1-c1ccccc1P(C1CCCCC1)C1CCCCC1.ClC(Cl)Cl.ClC(Cl)Cl.[Cl-].[Cl-].[Pd+2]. The van der Waals surface area contributed by atoms with Gasteiger partial charge >= 0.3 is 20.4 Å². The van der Waals surface area contributed by atoms with Gasteiger partial charge in [-0.25, -0.2) is 0 Å². The van der Waals surface area contributed by atoms with E-state index in [4.69, 9.17) is 88.6 Å². The maximum absolute atomic E-state index is 5.80. The van der Waals surface area contributed by atoms with Crippen molar-refractivity contribution >= 4 is 96.1 Å². The number of hydrogen-bond donors (Lipinski definition) is 0. The predicted octanol–water partition coefficient (Wildman–Crippen LogP) is 12.3. The van der Waals surface area contributed by atoms with Gasteiger partial charge in [0.1, 0.15) is 23.0 Å². The second kappa shape index (κ2) is 36.0. The molecule has 8 rings (SSSR count). The molecule has 4 aliphatic rings. The molecule has 4 aromatic carbocycles. The van der Waals surface area contributed by atoms with Crippen molar-refractivity contribution in [2.45, 2.75) is 160 Å². The Kier molecular flexibility index (Phi) is 33.9. The molecule has 0 unspecified atom stereocenters. The first-order valence-electron chi connectivity index (χ1n) is 24.1. The summed E-state index contributed by atoms with van der Waals surface area (Å²) >= 11 is 28.8. The van der Waals surface area contributed by atoms with Crippen LogP contribution in [0.2, 0.25) is 0 Å². The first-order valence-corrected chi connectivity index (χ1v) is 29.7. The molecule has 0 aliphatic heterocycles. The molecule has 0 spiro atoms. The van der Waals surface area contributed by atoms with Gasteiger partial charge in [0.2, 0.25) is 0 Å². The van der Waals surface area contributed by atoms with Crippen molar-refractivity contribution in [1.82, 2.24) is 0 Å². The van der Waals surface area contributed by atoms with Gasteiger partial charge in [0.15, 0.2) is 8.59 Å². The summed E-state index contributed by atoms with van der Waals surface area (Å²) < 4.78 is 21.7. The topological polar surface area (TPSA) is 36.9 Å². The van der Waals surface area contributed by atoms with E-state index in [0.717, 1.165) is 56.8 Å². The third-order valence-electron chi connectivity index (χ3n) is 13.6. The van der Waals surface area contributed by atoms with E-state index in [1.54, 1.807) is 39.0 Å². The predicted molar refractivity (Wildman–Crippen MR) is 293 cm³/mol. The molecule has 0 atom stereocenters. The van der Waals surface area contributed by atoms with Crippen LogP contribution in [0.1, 0.15) is 128 Å². The maximum Gasteiger partial charge on any atom is 2.00 e. The molecule has 4 nitrogen and oxygen atoms in total. The Labute approximate surface area is 474 Å². The van der Waals surface area contributed by atoms with Gasteiger partial charge in [0.25, 0.3) is 0 Å². The summed E-state index contributed by atoms with van der Waals surface area (Å²) in [6.07, 6.45) is 28.3. The molecule has 0 N–H and O–H groups in total. The standard InChI is InChI=1S/2C26H35O2P.2CHCl3.2ClH.Pd/c2*1-27-23-17-11-18-24(28-2)26(23)22-16-9-10-19-25(22)29(20-12-5-3-6-13-20)21-14-7-4-8-15-21;2*2-1(3)4;;;/h2*9-11,16-21H,3-8,12-15H2,1-2H3;2*1H;2*1H;/q;;;;;;+2/p-2. The fourth-order valence-electron chi connectivity index (χ4n) is 10.9. The third-order valence-corrected chi connectivity index (χ3v) is 20.7. The molecule has 69 heavy (non-hydrogen) atoms. The summed E-state index contributed by atoms with van der Waals surface area (Å²) in [7, 11) is 6.71. The quantitative estimate of drug-likeness (QED) is 0.0805. The summed E-state index contributed by atoms with van der Waals surface area (Å²) in [6, 6.07) is 30.6. The number of ether oxygens (including phenoxy) is 4. The molecule has 0 aromatic heterocycles.